The van der Waals surface area contributed by atoms with Gasteiger partial charge in [-0.25, -0.2) is 0 Å². The van der Waals surface area contributed by atoms with Crippen LogP contribution >= 0.6 is 0 Å². The molecule has 2 amide bonds. The highest BCUT2D eigenvalue weighted by Gasteiger charge is 2.45. The monoisotopic (exact) mass is 463 g/mol. The fourth-order valence-electron chi connectivity index (χ4n) is 5.74. The average molecular weight is 464 g/mol. The van der Waals surface area contributed by atoms with E-state index in [-0.39, 0.29) is 41.9 Å². The molecule has 1 saturated heterocycles. The highest BCUT2D eigenvalue weighted by molar-refractivity contribution is 5.89. The zero-order chi connectivity index (χ0) is 23.7. The number of carbonyl (C=O) groups is 2. The average Bonchev–Trinajstić information content (AvgIpc) is 3.77. The highest BCUT2D eigenvalue weighted by atomic mass is 16.2. The number of amides is 2. The molecule has 3 N–H and O–H groups in total. The van der Waals surface area contributed by atoms with E-state index >= 15 is 0 Å². The van der Waals surface area contributed by atoms with Crippen LogP contribution in [-0.2, 0) is 16.1 Å². The Hall–Kier alpha value is -2.43. The van der Waals surface area contributed by atoms with Crippen LogP contribution in [0.3, 0.4) is 0 Å². The molecular formula is C27H37N5O2. The molecule has 4 aliphatic rings. The smallest absolute Gasteiger partial charge is 0.243 e. The molecule has 5 rings (SSSR count). The van der Waals surface area contributed by atoms with E-state index in [0.29, 0.717) is 24.6 Å². The number of piperidine rings is 1. The second kappa shape index (κ2) is 10.1. The molecule has 1 aliphatic heterocycles. The number of likely N-dealkylation sites (tertiary alicyclic amines) is 1. The molecule has 0 radical (unpaired) electrons. The molecule has 3 saturated carbocycles. The Bertz CT molecular complexity index is 925. The van der Waals surface area contributed by atoms with Crippen molar-refractivity contribution < 1.29 is 9.59 Å². The molecule has 0 spiro atoms. The maximum atomic E-state index is 13.5. The Morgan fingerprint density at radius 3 is 2.32 bits per heavy atom. The van der Waals surface area contributed by atoms with Gasteiger partial charge in [-0.05, 0) is 81.9 Å². The summed E-state index contributed by atoms with van der Waals surface area (Å²) in [7, 11) is 0. The molecule has 34 heavy (non-hydrogen) atoms. The minimum Gasteiger partial charge on any atom is -0.352 e. The molecule has 182 valence electrons. The minimum atomic E-state index is -0.385. The molecule has 3 aliphatic carbocycles. The predicted molar refractivity (Wildman–Crippen MR) is 129 cm³/mol. The lowest BCUT2D eigenvalue weighted by Crippen LogP contribution is -2.59. The van der Waals surface area contributed by atoms with Gasteiger partial charge in [0.1, 0.15) is 6.04 Å². The molecule has 1 aromatic carbocycles. The predicted octanol–water partition coefficient (Wildman–Crippen LogP) is 2.68. The number of nitrogens with one attached hydrogen (secondary N) is 1. The summed E-state index contributed by atoms with van der Waals surface area (Å²) in [5, 5.41) is 12.4. The summed E-state index contributed by atoms with van der Waals surface area (Å²) in [6.07, 6.45) is 9.65. The molecule has 0 bridgehead atoms. The molecular weight excluding hydrogens is 426 g/mol. The summed E-state index contributed by atoms with van der Waals surface area (Å²) >= 11 is 0. The highest BCUT2D eigenvalue weighted by Crippen LogP contribution is 2.37. The zero-order valence-corrected chi connectivity index (χ0v) is 20.0. The largest absolute Gasteiger partial charge is 0.352 e. The first-order chi connectivity index (χ1) is 16.5. The van der Waals surface area contributed by atoms with Gasteiger partial charge in [0.05, 0.1) is 11.6 Å². The zero-order valence-electron chi connectivity index (χ0n) is 20.0. The van der Waals surface area contributed by atoms with E-state index in [1.54, 1.807) is 0 Å². The van der Waals surface area contributed by atoms with E-state index in [4.69, 9.17) is 11.0 Å². The third kappa shape index (κ3) is 5.45. The van der Waals surface area contributed by atoms with Gasteiger partial charge >= 0.3 is 0 Å². The number of nitrogens with zero attached hydrogens (tertiary/aromatic N) is 3. The SMILES string of the molecule is N#Cc1ccc(CN(C2CC2)C2CCN(C(=O)C3CC3)[C@@H](C(=O)NC3CCC(N)CC3)C2)cc1. The van der Waals surface area contributed by atoms with Crippen molar-refractivity contribution in [3.63, 3.8) is 0 Å². The molecule has 7 heteroatoms. The van der Waals surface area contributed by atoms with E-state index < -0.39 is 0 Å². The normalized spacial score (nSPS) is 29.5. The summed E-state index contributed by atoms with van der Waals surface area (Å²) in [4.78, 5) is 31.0. The Kier molecular flexibility index (Phi) is 6.89. The summed E-state index contributed by atoms with van der Waals surface area (Å²) in [5.74, 6) is 0.320. The van der Waals surface area contributed by atoms with Crippen molar-refractivity contribution in [1.82, 2.24) is 15.1 Å². The van der Waals surface area contributed by atoms with Crippen LogP contribution in [0.4, 0.5) is 0 Å². The van der Waals surface area contributed by atoms with Gasteiger partial charge in [0.25, 0.3) is 0 Å². The maximum Gasteiger partial charge on any atom is 0.243 e. The lowest BCUT2D eigenvalue weighted by molar-refractivity contribution is -0.145. The van der Waals surface area contributed by atoms with Crippen LogP contribution < -0.4 is 11.1 Å². The quantitative estimate of drug-likeness (QED) is 0.647. The minimum absolute atomic E-state index is 0.0216. The van der Waals surface area contributed by atoms with Crippen molar-refractivity contribution in [2.75, 3.05) is 6.54 Å². The number of benzene rings is 1. The van der Waals surface area contributed by atoms with Gasteiger partial charge in [-0.15, -0.1) is 0 Å². The third-order valence-electron chi connectivity index (χ3n) is 8.14. The Labute approximate surface area is 202 Å². The lowest BCUT2D eigenvalue weighted by Gasteiger charge is -2.43. The van der Waals surface area contributed by atoms with Crippen LogP contribution in [0, 0.1) is 17.2 Å². The molecule has 4 fully saturated rings. The van der Waals surface area contributed by atoms with Gasteiger partial charge in [0.15, 0.2) is 0 Å². The van der Waals surface area contributed by atoms with Crippen molar-refractivity contribution in [3.8, 4) is 6.07 Å². The molecule has 1 heterocycles. The maximum absolute atomic E-state index is 13.5. The molecule has 0 aromatic heterocycles. The Morgan fingerprint density at radius 1 is 1.00 bits per heavy atom. The fraction of sp³-hybridized carbons (Fsp3) is 0.667. The van der Waals surface area contributed by atoms with Gasteiger partial charge in [0, 0.05) is 43.2 Å². The molecule has 7 nitrogen and oxygen atoms in total. The van der Waals surface area contributed by atoms with Gasteiger partial charge in [-0.1, -0.05) is 12.1 Å². The Morgan fingerprint density at radius 2 is 1.71 bits per heavy atom. The number of hydrogen-bond donors (Lipinski definition) is 2. The first kappa shape index (κ1) is 23.3. The van der Waals surface area contributed by atoms with Crippen LogP contribution in [0.5, 0.6) is 0 Å². The fourth-order valence-corrected chi connectivity index (χ4v) is 5.74. The summed E-state index contributed by atoms with van der Waals surface area (Å²) in [6.45, 7) is 1.48. The number of hydrogen-bond acceptors (Lipinski definition) is 5. The third-order valence-corrected chi connectivity index (χ3v) is 8.14. The van der Waals surface area contributed by atoms with E-state index in [9.17, 15) is 9.59 Å². The number of carbonyl (C=O) groups excluding carboxylic acids is 2. The van der Waals surface area contributed by atoms with Gasteiger partial charge in [-0.2, -0.15) is 5.26 Å². The van der Waals surface area contributed by atoms with Gasteiger partial charge < -0.3 is 16.0 Å². The van der Waals surface area contributed by atoms with Crippen LogP contribution in [0.15, 0.2) is 24.3 Å². The second-order valence-corrected chi connectivity index (χ2v) is 10.8. The standard InChI is InChI=1S/C27H37N5O2/c28-16-18-1-3-19(4-2-18)17-32(23-11-12-23)24-13-14-31(27(34)20-5-6-20)25(15-24)26(33)30-22-9-7-21(29)8-10-22/h1-4,20-25H,5-15,17,29H2,(H,30,33)/t21?,22?,24?,25-/m1/s1. The summed E-state index contributed by atoms with van der Waals surface area (Å²) in [6, 6.07) is 10.9. The van der Waals surface area contributed by atoms with Crippen molar-refractivity contribution in [2.24, 2.45) is 11.7 Å². The second-order valence-electron chi connectivity index (χ2n) is 10.8. The molecule has 1 unspecified atom stereocenters. The van der Waals surface area contributed by atoms with Crippen molar-refractivity contribution in [2.45, 2.75) is 101 Å². The summed E-state index contributed by atoms with van der Waals surface area (Å²) < 4.78 is 0. The summed E-state index contributed by atoms with van der Waals surface area (Å²) in [5.41, 5.74) is 7.92. The van der Waals surface area contributed by atoms with E-state index in [0.717, 1.165) is 51.5 Å². The van der Waals surface area contributed by atoms with Crippen LogP contribution in [0.25, 0.3) is 0 Å². The first-order valence-corrected chi connectivity index (χ1v) is 13.1. The molecule has 2 atom stereocenters. The Balaban J connectivity index is 1.29. The van der Waals surface area contributed by atoms with Crippen LogP contribution in [0.1, 0.15) is 75.3 Å². The van der Waals surface area contributed by atoms with Crippen molar-refractivity contribution in [3.05, 3.63) is 35.4 Å². The van der Waals surface area contributed by atoms with E-state index in [2.05, 4.69) is 16.3 Å². The van der Waals surface area contributed by atoms with Crippen molar-refractivity contribution >= 4 is 11.8 Å². The van der Waals surface area contributed by atoms with E-state index in [1.165, 1.54) is 18.4 Å². The van der Waals surface area contributed by atoms with Crippen LogP contribution in [0.2, 0.25) is 0 Å². The van der Waals surface area contributed by atoms with Gasteiger partial charge in [0.2, 0.25) is 11.8 Å². The van der Waals surface area contributed by atoms with Gasteiger partial charge in [-0.3, -0.25) is 14.5 Å². The molecule has 1 aromatic rings. The first-order valence-electron chi connectivity index (χ1n) is 13.1. The topological polar surface area (TPSA) is 102 Å². The number of rotatable bonds is 7. The number of nitrogens with two attached hydrogens (primary N) is 1. The lowest BCUT2D eigenvalue weighted by atomic mass is 9.90. The van der Waals surface area contributed by atoms with Crippen LogP contribution in [-0.4, -0.2) is 58.4 Å². The number of nitriles is 1. The van der Waals surface area contributed by atoms with E-state index in [1.807, 2.05) is 29.2 Å². The van der Waals surface area contributed by atoms with Crippen molar-refractivity contribution in [1.29, 1.82) is 5.26 Å².